The average Bonchev–Trinajstić information content (AvgIpc) is 3.34. The van der Waals surface area contributed by atoms with Crippen LogP contribution in [0.3, 0.4) is 0 Å². The number of carbonyl (C=O) groups is 2. The fourth-order valence-corrected chi connectivity index (χ4v) is 2.78. The molecule has 0 aliphatic rings. The van der Waals surface area contributed by atoms with Crippen molar-refractivity contribution in [3.8, 4) is 5.75 Å². The quantitative estimate of drug-likeness (QED) is 0.368. The van der Waals surface area contributed by atoms with Crippen LogP contribution in [0.1, 0.15) is 11.6 Å². The molecule has 0 spiro atoms. The summed E-state index contributed by atoms with van der Waals surface area (Å²) in [5.74, 6) is 6.22. The van der Waals surface area contributed by atoms with Gasteiger partial charge in [0.1, 0.15) is 23.9 Å². The highest BCUT2D eigenvalue weighted by atomic mass is 32.2. The number of furan rings is 1. The Morgan fingerprint density at radius 3 is 2.76 bits per heavy atom. The second-order valence-corrected chi connectivity index (χ2v) is 6.55. The van der Waals surface area contributed by atoms with E-state index in [1.807, 2.05) is 0 Å². The van der Waals surface area contributed by atoms with Gasteiger partial charge in [-0.25, -0.2) is 13.9 Å². The molecular formula is C17H17FN6O4S. The summed E-state index contributed by atoms with van der Waals surface area (Å²) in [6.45, 7) is 0.171. The standard InChI is InChI=1S/C17H17FN6O4S/c18-11-3-5-12(6-4-11)28-9-14-22-23-17(24(14)19)29-10-15(25)21-16(26)20-8-13-2-1-7-27-13/h1-7H,8-10,19H2,(H2,20,21,25,26). The van der Waals surface area contributed by atoms with Crippen LogP contribution in [0, 0.1) is 5.82 Å². The third-order valence-electron chi connectivity index (χ3n) is 3.51. The first kappa shape index (κ1) is 20.2. The van der Waals surface area contributed by atoms with E-state index in [1.165, 1.54) is 35.2 Å². The molecule has 12 heteroatoms. The summed E-state index contributed by atoms with van der Waals surface area (Å²) in [5, 5.41) is 12.7. The average molecular weight is 420 g/mol. The van der Waals surface area contributed by atoms with Crippen LogP contribution in [-0.2, 0) is 17.9 Å². The highest BCUT2D eigenvalue weighted by Gasteiger charge is 2.14. The molecule has 152 valence electrons. The zero-order valence-electron chi connectivity index (χ0n) is 15.0. The Balaban J connectivity index is 1.42. The third-order valence-corrected chi connectivity index (χ3v) is 4.45. The normalized spacial score (nSPS) is 10.5. The van der Waals surface area contributed by atoms with Crippen LogP contribution in [0.5, 0.6) is 5.75 Å². The van der Waals surface area contributed by atoms with E-state index in [1.54, 1.807) is 12.1 Å². The third kappa shape index (κ3) is 5.97. The Morgan fingerprint density at radius 2 is 2.03 bits per heavy atom. The number of imide groups is 1. The molecule has 0 atom stereocenters. The minimum atomic E-state index is -0.644. The van der Waals surface area contributed by atoms with Crippen LogP contribution >= 0.6 is 11.8 Å². The van der Waals surface area contributed by atoms with E-state index >= 15 is 0 Å². The molecule has 3 amide bonds. The molecule has 3 rings (SSSR count). The van der Waals surface area contributed by atoms with Gasteiger partial charge in [0.2, 0.25) is 11.1 Å². The van der Waals surface area contributed by atoms with Crippen LogP contribution in [-0.4, -0.2) is 32.6 Å². The van der Waals surface area contributed by atoms with Gasteiger partial charge >= 0.3 is 6.03 Å². The van der Waals surface area contributed by atoms with Gasteiger partial charge in [-0.2, -0.15) is 0 Å². The number of hydrogen-bond donors (Lipinski definition) is 3. The molecule has 29 heavy (non-hydrogen) atoms. The van der Waals surface area contributed by atoms with Crippen molar-refractivity contribution in [2.24, 2.45) is 0 Å². The lowest BCUT2D eigenvalue weighted by Gasteiger charge is -2.07. The summed E-state index contributed by atoms with van der Waals surface area (Å²) in [4.78, 5) is 23.6. The number of thioether (sulfide) groups is 1. The first-order valence-corrected chi connectivity index (χ1v) is 9.30. The van der Waals surface area contributed by atoms with E-state index in [0.29, 0.717) is 17.3 Å². The number of urea groups is 1. The van der Waals surface area contributed by atoms with Gasteiger partial charge in [-0.05, 0) is 36.4 Å². The second kappa shape index (κ2) is 9.59. The number of nitrogens with two attached hydrogens (primary N) is 1. The molecule has 0 unspecified atom stereocenters. The van der Waals surface area contributed by atoms with Crippen molar-refractivity contribution >= 4 is 23.7 Å². The number of nitrogen functional groups attached to an aromatic ring is 1. The van der Waals surface area contributed by atoms with E-state index in [0.717, 1.165) is 11.8 Å². The molecule has 0 saturated heterocycles. The Morgan fingerprint density at radius 1 is 1.24 bits per heavy atom. The number of nitrogens with one attached hydrogen (secondary N) is 2. The van der Waals surface area contributed by atoms with Crippen molar-refractivity contribution in [3.63, 3.8) is 0 Å². The SMILES string of the molecule is Nn1c(COc2ccc(F)cc2)nnc1SCC(=O)NC(=O)NCc1ccco1. The number of amides is 3. The molecule has 0 saturated carbocycles. The van der Waals surface area contributed by atoms with Crippen molar-refractivity contribution in [2.45, 2.75) is 18.3 Å². The van der Waals surface area contributed by atoms with Crippen LogP contribution in [0.4, 0.5) is 9.18 Å². The van der Waals surface area contributed by atoms with Gasteiger partial charge in [0, 0.05) is 0 Å². The number of halogens is 1. The van der Waals surface area contributed by atoms with E-state index in [4.69, 9.17) is 15.0 Å². The molecule has 0 aliphatic carbocycles. The van der Waals surface area contributed by atoms with Crippen molar-refractivity contribution in [2.75, 3.05) is 11.6 Å². The lowest BCUT2D eigenvalue weighted by Crippen LogP contribution is -2.39. The Bertz CT molecular complexity index is 961. The van der Waals surface area contributed by atoms with Crippen molar-refractivity contribution in [1.29, 1.82) is 0 Å². The van der Waals surface area contributed by atoms with Gasteiger partial charge in [-0.1, -0.05) is 11.8 Å². The lowest BCUT2D eigenvalue weighted by atomic mass is 10.3. The first-order valence-electron chi connectivity index (χ1n) is 8.32. The fourth-order valence-electron chi connectivity index (χ4n) is 2.10. The van der Waals surface area contributed by atoms with Gasteiger partial charge < -0.3 is 20.3 Å². The number of rotatable bonds is 8. The van der Waals surface area contributed by atoms with E-state index in [9.17, 15) is 14.0 Å². The summed E-state index contributed by atoms with van der Waals surface area (Å²) in [6, 6.07) is 8.24. The summed E-state index contributed by atoms with van der Waals surface area (Å²) >= 11 is 1.01. The van der Waals surface area contributed by atoms with Crippen LogP contribution < -0.4 is 21.2 Å². The molecule has 4 N–H and O–H groups in total. The van der Waals surface area contributed by atoms with Gasteiger partial charge in [0.05, 0.1) is 18.6 Å². The summed E-state index contributed by atoms with van der Waals surface area (Å²) in [7, 11) is 0. The van der Waals surface area contributed by atoms with Crippen molar-refractivity contribution in [3.05, 3.63) is 60.1 Å². The maximum Gasteiger partial charge on any atom is 0.321 e. The zero-order valence-corrected chi connectivity index (χ0v) is 15.8. The van der Waals surface area contributed by atoms with Gasteiger partial charge in [0.15, 0.2) is 5.82 Å². The minimum absolute atomic E-state index is 0.0110. The molecule has 3 aromatic rings. The minimum Gasteiger partial charge on any atom is -0.486 e. The highest BCUT2D eigenvalue weighted by molar-refractivity contribution is 7.99. The Labute approximate surface area is 168 Å². The van der Waals surface area contributed by atoms with Crippen molar-refractivity contribution < 1.29 is 23.1 Å². The number of ether oxygens (including phenoxy) is 1. The zero-order chi connectivity index (χ0) is 20.6. The van der Waals surface area contributed by atoms with Crippen LogP contribution in [0.15, 0.2) is 52.2 Å². The maximum absolute atomic E-state index is 12.9. The molecule has 0 fully saturated rings. The Hall–Kier alpha value is -3.54. The van der Waals surface area contributed by atoms with Crippen LogP contribution in [0.2, 0.25) is 0 Å². The molecular weight excluding hydrogens is 403 g/mol. The van der Waals surface area contributed by atoms with Gasteiger partial charge in [-0.15, -0.1) is 10.2 Å². The number of aromatic nitrogens is 3. The number of benzene rings is 1. The molecule has 0 bridgehead atoms. The summed E-state index contributed by atoms with van der Waals surface area (Å²) < 4.78 is 24.6. The number of hydrogen-bond acceptors (Lipinski definition) is 8. The molecule has 2 heterocycles. The van der Waals surface area contributed by atoms with E-state index in [-0.39, 0.29) is 29.9 Å². The van der Waals surface area contributed by atoms with E-state index < -0.39 is 11.9 Å². The van der Waals surface area contributed by atoms with Crippen LogP contribution in [0.25, 0.3) is 0 Å². The molecule has 2 aromatic heterocycles. The molecule has 1 aromatic carbocycles. The summed E-state index contributed by atoms with van der Waals surface area (Å²) in [5.41, 5.74) is 0. The predicted molar refractivity (Wildman–Crippen MR) is 101 cm³/mol. The first-order chi connectivity index (χ1) is 14.0. The lowest BCUT2D eigenvalue weighted by molar-refractivity contribution is -0.117. The maximum atomic E-state index is 12.9. The topological polar surface area (TPSA) is 137 Å². The number of nitrogens with zero attached hydrogens (tertiary/aromatic N) is 3. The molecule has 0 aliphatic heterocycles. The van der Waals surface area contributed by atoms with Gasteiger partial charge in [0.25, 0.3) is 0 Å². The van der Waals surface area contributed by atoms with Crippen molar-refractivity contribution in [1.82, 2.24) is 25.5 Å². The smallest absolute Gasteiger partial charge is 0.321 e. The monoisotopic (exact) mass is 420 g/mol. The largest absolute Gasteiger partial charge is 0.486 e. The predicted octanol–water partition coefficient (Wildman–Crippen LogP) is 1.42. The number of carbonyl (C=O) groups excluding carboxylic acids is 2. The Kier molecular flexibility index (Phi) is 6.68. The van der Waals surface area contributed by atoms with Gasteiger partial charge in [-0.3, -0.25) is 10.1 Å². The highest BCUT2D eigenvalue weighted by Crippen LogP contribution is 2.16. The van der Waals surface area contributed by atoms with E-state index in [2.05, 4.69) is 20.8 Å². The second-order valence-electron chi connectivity index (χ2n) is 5.61. The fraction of sp³-hybridized carbons (Fsp3) is 0.176. The summed E-state index contributed by atoms with van der Waals surface area (Å²) in [6.07, 6.45) is 1.48. The molecule has 0 radical (unpaired) electrons. The molecule has 10 nitrogen and oxygen atoms in total.